The second-order valence-corrected chi connectivity index (χ2v) is 9.61. The average Bonchev–Trinajstić information content (AvgIpc) is 2.61. The van der Waals surface area contributed by atoms with E-state index >= 15 is 0 Å². The van der Waals surface area contributed by atoms with Gasteiger partial charge in [0.2, 0.25) is 5.91 Å². The van der Waals surface area contributed by atoms with Crippen LogP contribution in [0, 0.1) is 5.41 Å². The minimum Gasteiger partial charge on any atom is -0.294 e. The van der Waals surface area contributed by atoms with Crippen LogP contribution in [0.25, 0.3) is 0 Å². The lowest BCUT2D eigenvalue weighted by Gasteiger charge is -2.43. The zero-order valence-electron chi connectivity index (χ0n) is 15.8. The summed E-state index contributed by atoms with van der Waals surface area (Å²) in [4.78, 5) is 28.2. The Morgan fingerprint density at radius 3 is 2.39 bits per heavy atom. The first kappa shape index (κ1) is 19.4. The summed E-state index contributed by atoms with van der Waals surface area (Å²) < 4.78 is 0.948. The van der Waals surface area contributed by atoms with Crippen LogP contribution in [0.3, 0.4) is 0 Å². The minimum atomic E-state index is -0.286. The highest BCUT2D eigenvalue weighted by Gasteiger charge is 2.44. The molecule has 5 heteroatoms. The van der Waals surface area contributed by atoms with E-state index in [-0.39, 0.29) is 29.4 Å². The Morgan fingerprint density at radius 1 is 1.04 bits per heavy atom. The Kier molecular flexibility index (Phi) is 4.96. The van der Waals surface area contributed by atoms with Crippen LogP contribution in [0.4, 0.5) is 5.69 Å². The van der Waals surface area contributed by atoms with E-state index < -0.39 is 0 Å². The third kappa shape index (κ3) is 3.44. The first-order valence-corrected chi connectivity index (χ1v) is 10.5. The molecule has 3 nitrogen and oxygen atoms in total. The first-order valence-electron chi connectivity index (χ1n) is 9.36. The molecule has 1 heterocycles. The van der Waals surface area contributed by atoms with Gasteiger partial charge in [-0.3, -0.25) is 14.5 Å². The maximum absolute atomic E-state index is 13.3. The summed E-state index contributed by atoms with van der Waals surface area (Å²) >= 11 is 9.89. The van der Waals surface area contributed by atoms with E-state index in [9.17, 15) is 9.59 Å². The standard InChI is InChI=1S/C23H21BrClNO2/c1-23(2)12-19-22(20(27)13-23)17(16-5-3-4-6-18(16)25)11-21(28)26(19)15-9-7-14(24)8-10-15/h3-10,17H,11-13H2,1-2H3. The molecule has 0 saturated heterocycles. The second-order valence-electron chi connectivity index (χ2n) is 8.29. The Bertz CT molecular complexity index is 994. The third-order valence-corrected chi connectivity index (χ3v) is 6.38. The highest BCUT2D eigenvalue weighted by molar-refractivity contribution is 9.10. The molecule has 0 saturated carbocycles. The van der Waals surface area contributed by atoms with Gasteiger partial charge in [-0.05, 0) is 47.7 Å². The Labute approximate surface area is 178 Å². The zero-order valence-corrected chi connectivity index (χ0v) is 18.2. The van der Waals surface area contributed by atoms with Gasteiger partial charge in [0.1, 0.15) is 0 Å². The van der Waals surface area contributed by atoms with Gasteiger partial charge in [0.25, 0.3) is 0 Å². The van der Waals surface area contributed by atoms with Gasteiger partial charge < -0.3 is 0 Å². The number of carbonyl (C=O) groups is 2. The van der Waals surface area contributed by atoms with Gasteiger partial charge in [-0.25, -0.2) is 0 Å². The van der Waals surface area contributed by atoms with Crippen molar-refractivity contribution in [3.63, 3.8) is 0 Å². The molecule has 0 radical (unpaired) electrons. The molecule has 1 aliphatic heterocycles. The van der Waals surface area contributed by atoms with E-state index in [0.717, 1.165) is 27.0 Å². The van der Waals surface area contributed by atoms with Crippen molar-refractivity contribution in [1.29, 1.82) is 0 Å². The quantitative estimate of drug-likeness (QED) is 0.532. The molecule has 0 spiro atoms. The van der Waals surface area contributed by atoms with Crippen LogP contribution in [0.1, 0.15) is 44.6 Å². The fourth-order valence-electron chi connectivity index (χ4n) is 4.33. The number of hydrogen-bond donors (Lipinski definition) is 0. The molecule has 0 N–H and O–H groups in total. The third-order valence-electron chi connectivity index (χ3n) is 5.51. The predicted molar refractivity (Wildman–Crippen MR) is 115 cm³/mol. The molecule has 0 bridgehead atoms. The lowest BCUT2D eigenvalue weighted by molar-refractivity contribution is -0.121. The number of allylic oxidation sites excluding steroid dienone is 2. The fraction of sp³-hybridized carbons (Fsp3) is 0.304. The molecule has 144 valence electrons. The van der Waals surface area contributed by atoms with Crippen molar-refractivity contribution in [3.05, 3.63) is 74.9 Å². The summed E-state index contributed by atoms with van der Waals surface area (Å²) in [6.07, 6.45) is 1.40. The maximum atomic E-state index is 13.3. The predicted octanol–water partition coefficient (Wildman–Crippen LogP) is 6.27. The van der Waals surface area contributed by atoms with E-state index in [2.05, 4.69) is 29.8 Å². The van der Waals surface area contributed by atoms with Crippen LogP contribution >= 0.6 is 27.5 Å². The normalized spacial score (nSPS) is 21.7. The summed E-state index contributed by atoms with van der Waals surface area (Å²) in [5.41, 5.74) is 3.03. The molecule has 1 aliphatic carbocycles. The number of Topliss-reactive ketones (excluding diaryl/α,β-unsaturated/α-hetero) is 1. The van der Waals surface area contributed by atoms with Gasteiger partial charge in [-0.2, -0.15) is 0 Å². The highest BCUT2D eigenvalue weighted by Crippen LogP contribution is 2.49. The van der Waals surface area contributed by atoms with E-state index in [1.807, 2.05) is 48.5 Å². The Morgan fingerprint density at radius 2 is 1.71 bits per heavy atom. The molecule has 1 amide bonds. The molecule has 1 atom stereocenters. The lowest BCUT2D eigenvalue weighted by Crippen LogP contribution is -2.43. The smallest absolute Gasteiger partial charge is 0.232 e. The van der Waals surface area contributed by atoms with Crippen LogP contribution in [0.5, 0.6) is 0 Å². The average molecular weight is 459 g/mol. The number of carbonyl (C=O) groups excluding carboxylic acids is 2. The Hall–Kier alpha value is -1.91. The van der Waals surface area contributed by atoms with Gasteiger partial charge in [0, 0.05) is 45.2 Å². The van der Waals surface area contributed by atoms with Crippen molar-refractivity contribution in [2.75, 3.05) is 4.90 Å². The number of ketones is 1. The molecular weight excluding hydrogens is 438 g/mol. The summed E-state index contributed by atoms with van der Waals surface area (Å²) in [7, 11) is 0. The topological polar surface area (TPSA) is 37.4 Å². The lowest BCUT2D eigenvalue weighted by atomic mass is 9.69. The monoisotopic (exact) mass is 457 g/mol. The van der Waals surface area contributed by atoms with Crippen LogP contribution in [-0.2, 0) is 9.59 Å². The number of amides is 1. The van der Waals surface area contributed by atoms with E-state index in [1.165, 1.54) is 0 Å². The summed E-state index contributed by atoms with van der Waals surface area (Å²) in [5.74, 6) is -0.172. The summed E-state index contributed by atoms with van der Waals surface area (Å²) in [6, 6.07) is 15.2. The van der Waals surface area contributed by atoms with Crippen LogP contribution in [0.15, 0.2) is 64.3 Å². The molecule has 1 unspecified atom stereocenters. The molecular formula is C23H21BrClNO2. The van der Waals surface area contributed by atoms with Crippen LogP contribution < -0.4 is 4.90 Å². The fourth-order valence-corrected chi connectivity index (χ4v) is 4.86. The highest BCUT2D eigenvalue weighted by atomic mass is 79.9. The van der Waals surface area contributed by atoms with Crippen LogP contribution in [0.2, 0.25) is 5.02 Å². The van der Waals surface area contributed by atoms with E-state index in [1.54, 1.807) is 4.90 Å². The molecule has 28 heavy (non-hydrogen) atoms. The van der Waals surface area contributed by atoms with Crippen molar-refractivity contribution in [1.82, 2.24) is 0 Å². The molecule has 2 aliphatic rings. The molecule has 0 fully saturated rings. The van der Waals surface area contributed by atoms with Crippen molar-refractivity contribution in [2.24, 2.45) is 5.41 Å². The maximum Gasteiger partial charge on any atom is 0.232 e. The number of benzene rings is 2. The molecule has 4 rings (SSSR count). The number of nitrogens with zero attached hydrogens (tertiary/aromatic N) is 1. The van der Waals surface area contributed by atoms with Crippen molar-refractivity contribution in [3.8, 4) is 0 Å². The molecule has 0 aromatic heterocycles. The summed E-state index contributed by atoms with van der Waals surface area (Å²) in [6.45, 7) is 4.16. The van der Waals surface area contributed by atoms with Gasteiger partial charge in [-0.15, -0.1) is 0 Å². The second kappa shape index (κ2) is 7.16. The molecule has 2 aromatic carbocycles. The largest absolute Gasteiger partial charge is 0.294 e. The van der Waals surface area contributed by atoms with Gasteiger partial charge in [0.15, 0.2) is 5.78 Å². The molecule has 2 aromatic rings. The van der Waals surface area contributed by atoms with E-state index in [4.69, 9.17) is 11.6 Å². The van der Waals surface area contributed by atoms with Crippen molar-refractivity contribution in [2.45, 2.75) is 39.0 Å². The van der Waals surface area contributed by atoms with Crippen molar-refractivity contribution >= 4 is 44.9 Å². The number of halogens is 2. The number of hydrogen-bond acceptors (Lipinski definition) is 2. The van der Waals surface area contributed by atoms with Crippen molar-refractivity contribution < 1.29 is 9.59 Å². The van der Waals surface area contributed by atoms with Gasteiger partial charge in [-0.1, -0.05) is 59.6 Å². The number of rotatable bonds is 2. The zero-order chi connectivity index (χ0) is 20.1. The van der Waals surface area contributed by atoms with Gasteiger partial charge in [0.05, 0.1) is 0 Å². The SMILES string of the molecule is CC1(C)CC(=O)C2=C(C1)N(c1ccc(Br)cc1)C(=O)CC2c1ccccc1Cl. The minimum absolute atomic E-state index is 0.00325. The Balaban J connectivity index is 1.91. The van der Waals surface area contributed by atoms with Gasteiger partial charge >= 0.3 is 0 Å². The van der Waals surface area contributed by atoms with Crippen LogP contribution in [-0.4, -0.2) is 11.7 Å². The number of anilines is 1. The summed E-state index contributed by atoms with van der Waals surface area (Å²) in [5, 5.41) is 0.599. The first-order chi connectivity index (χ1) is 13.3. The van der Waals surface area contributed by atoms with E-state index in [0.29, 0.717) is 17.9 Å².